The summed E-state index contributed by atoms with van der Waals surface area (Å²) in [5.74, 6) is -0.246. The number of benzene rings is 2. The van der Waals surface area contributed by atoms with Gasteiger partial charge in [0, 0.05) is 24.1 Å². The van der Waals surface area contributed by atoms with Crippen molar-refractivity contribution >= 4 is 16.7 Å². The van der Waals surface area contributed by atoms with Crippen LogP contribution in [-0.2, 0) is 6.42 Å². The lowest BCUT2D eigenvalue weighted by Gasteiger charge is -2.19. The molecular formula is C23H19FN4O2. The molecular weight excluding hydrogens is 383 g/mol. The molecule has 0 saturated heterocycles. The van der Waals surface area contributed by atoms with Crippen LogP contribution in [0.2, 0.25) is 0 Å². The lowest BCUT2D eigenvalue weighted by Crippen LogP contribution is -2.31. The van der Waals surface area contributed by atoms with Gasteiger partial charge in [0.25, 0.3) is 11.5 Å². The fraction of sp³-hybridized carbons (Fsp3) is 0.130. The second kappa shape index (κ2) is 8.24. The lowest BCUT2D eigenvalue weighted by atomic mass is 10.0. The van der Waals surface area contributed by atoms with Gasteiger partial charge in [-0.15, -0.1) is 0 Å². The number of rotatable bonds is 5. The highest BCUT2D eigenvalue weighted by Gasteiger charge is 2.20. The van der Waals surface area contributed by atoms with E-state index in [-0.39, 0.29) is 23.7 Å². The van der Waals surface area contributed by atoms with Gasteiger partial charge >= 0.3 is 0 Å². The van der Waals surface area contributed by atoms with Gasteiger partial charge in [-0.1, -0.05) is 36.4 Å². The van der Waals surface area contributed by atoms with Crippen molar-refractivity contribution in [1.82, 2.24) is 20.3 Å². The van der Waals surface area contributed by atoms with Crippen LogP contribution in [0.15, 0.2) is 71.7 Å². The highest BCUT2D eigenvalue weighted by Crippen LogP contribution is 2.21. The molecule has 4 rings (SSSR count). The zero-order valence-corrected chi connectivity index (χ0v) is 16.2. The van der Waals surface area contributed by atoms with E-state index < -0.39 is 6.04 Å². The van der Waals surface area contributed by atoms with Crippen molar-refractivity contribution in [2.45, 2.75) is 19.4 Å². The minimum absolute atomic E-state index is 0.266. The average Bonchev–Trinajstić information content (AvgIpc) is 2.72. The van der Waals surface area contributed by atoms with Crippen molar-refractivity contribution in [2.75, 3.05) is 0 Å². The fourth-order valence-electron chi connectivity index (χ4n) is 3.43. The Kier molecular flexibility index (Phi) is 5.34. The van der Waals surface area contributed by atoms with E-state index in [4.69, 9.17) is 0 Å². The van der Waals surface area contributed by atoms with Crippen molar-refractivity contribution < 1.29 is 9.18 Å². The first-order valence-corrected chi connectivity index (χ1v) is 9.46. The van der Waals surface area contributed by atoms with Crippen LogP contribution in [0.25, 0.3) is 10.8 Å². The van der Waals surface area contributed by atoms with Crippen LogP contribution in [-0.4, -0.2) is 20.9 Å². The summed E-state index contributed by atoms with van der Waals surface area (Å²) in [4.78, 5) is 36.1. The molecule has 0 aliphatic carbocycles. The van der Waals surface area contributed by atoms with Crippen LogP contribution in [0.4, 0.5) is 4.39 Å². The maximum atomic E-state index is 13.4. The van der Waals surface area contributed by atoms with Gasteiger partial charge in [0.05, 0.1) is 11.7 Å². The number of pyridine rings is 1. The Labute approximate surface area is 171 Å². The number of carbonyl (C=O) groups excluding carboxylic acids is 1. The van der Waals surface area contributed by atoms with Gasteiger partial charge in [0.1, 0.15) is 17.3 Å². The molecule has 0 fully saturated rings. The van der Waals surface area contributed by atoms with Gasteiger partial charge in [0.2, 0.25) is 0 Å². The van der Waals surface area contributed by atoms with Crippen LogP contribution in [0.3, 0.4) is 0 Å². The Morgan fingerprint density at radius 2 is 1.90 bits per heavy atom. The molecule has 6 nitrogen and oxygen atoms in total. The second-order valence-corrected chi connectivity index (χ2v) is 6.98. The molecule has 4 aromatic rings. The summed E-state index contributed by atoms with van der Waals surface area (Å²) in [5.41, 5.74) is 1.26. The molecule has 2 aromatic heterocycles. The third-order valence-corrected chi connectivity index (χ3v) is 4.79. The summed E-state index contributed by atoms with van der Waals surface area (Å²) in [6.07, 6.45) is 1.86. The molecule has 0 aliphatic heterocycles. The Balaban J connectivity index is 1.69. The number of nitrogens with one attached hydrogen (secondary N) is 2. The first-order chi connectivity index (χ1) is 14.5. The highest BCUT2D eigenvalue weighted by atomic mass is 19.1. The maximum Gasteiger partial charge on any atom is 0.271 e. The number of nitrogens with zero attached hydrogens (tertiary/aromatic N) is 2. The summed E-state index contributed by atoms with van der Waals surface area (Å²) in [5, 5.41) is 4.61. The summed E-state index contributed by atoms with van der Waals surface area (Å²) in [7, 11) is 0. The third kappa shape index (κ3) is 4.25. The largest absolute Gasteiger partial charge is 0.343 e. The number of aryl methyl sites for hydroxylation is 1. The van der Waals surface area contributed by atoms with Gasteiger partial charge < -0.3 is 10.3 Å². The Bertz CT molecular complexity index is 1260. The van der Waals surface area contributed by atoms with E-state index in [0.29, 0.717) is 22.8 Å². The maximum absolute atomic E-state index is 13.4. The van der Waals surface area contributed by atoms with Crippen LogP contribution in [0.1, 0.15) is 33.6 Å². The Hall–Kier alpha value is -3.87. The molecule has 0 radical (unpaired) electrons. The zero-order valence-electron chi connectivity index (χ0n) is 16.2. The fourth-order valence-corrected chi connectivity index (χ4v) is 3.43. The van der Waals surface area contributed by atoms with E-state index in [1.807, 2.05) is 30.3 Å². The minimum Gasteiger partial charge on any atom is -0.343 e. The van der Waals surface area contributed by atoms with E-state index in [9.17, 15) is 14.0 Å². The molecule has 2 N–H and O–H groups in total. The standard InChI is InChI=1S/C23H19FN4O2/c1-14-26-18(13-21(29)27-14)12-20(16-6-8-17(24)9-7-16)28-23(30)22-19-5-3-2-4-15(19)10-11-25-22/h2-11,13,20H,12H2,1H3,(H,28,30)(H,26,27,29). The van der Waals surface area contributed by atoms with E-state index in [1.54, 1.807) is 25.3 Å². The van der Waals surface area contributed by atoms with Crippen LogP contribution < -0.4 is 10.9 Å². The van der Waals surface area contributed by atoms with Gasteiger partial charge in [-0.2, -0.15) is 0 Å². The van der Waals surface area contributed by atoms with E-state index in [1.165, 1.54) is 18.2 Å². The van der Waals surface area contributed by atoms with Gasteiger partial charge in [0.15, 0.2) is 0 Å². The monoisotopic (exact) mass is 402 g/mol. The number of hydrogen-bond acceptors (Lipinski definition) is 4. The van der Waals surface area contributed by atoms with Crippen molar-refractivity contribution in [2.24, 2.45) is 0 Å². The normalized spacial score (nSPS) is 11.9. The van der Waals surface area contributed by atoms with Crippen molar-refractivity contribution in [3.8, 4) is 0 Å². The number of carbonyl (C=O) groups is 1. The molecule has 150 valence electrons. The van der Waals surface area contributed by atoms with Gasteiger partial charge in [-0.05, 0) is 36.1 Å². The third-order valence-electron chi connectivity index (χ3n) is 4.79. The number of aromatic nitrogens is 3. The van der Waals surface area contributed by atoms with Crippen molar-refractivity contribution in [3.05, 3.63) is 106 Å². The van der Waals surface area contributed by atoms with Crippen molar-refractivity contribution in [1.29, 1.82) is 0 Å². The zero-order chi connectivity index (χ0) is 21.1. The predicted octanol–water partition coefficient (Wildman–Crippen LogP) is 3.48. The van der Waals surface area contributed by atoms with E-state index in [0.717, 1.165) is 10.8 Å². The second-order valence-electron chi connectivity index (χ2n) is 6.98. The molecule has 30 heavy (non-hydrogen) atoms. The predicted molar refractivity (Wildman–Crippen MR) is 112 cm³/mol. The number of aromatic amines is 1. The lowest BCUT2D eigenvalue weighted by molar-refractivity contribution is 0.0933. The number of halogens is 1. The highest BCUT2D eigenvalue weighted by molar-refractivity contribution is 6.05. The van der Waals surface area contributed by atoms with Crippen LogP contribution >= 0.6 is 0 Å². The molecule has 1 unspecified atom stereocenters. The van der Waals surface area contributed by atoms with E-state index >= 15 is 0 Å². The van der Waals surface area contributed by atoms with E-state index in [2.05, 4.69) is 20.3 Å². The van der Waals surface area contributed by atoms with Crippen LogP contribution in [0, 0.1) is 12.7 Å². The minimum atomic E-state index is -0.521. The molecule has 7 heteroatoms. The molecule has 0 aliphatic rings. The molecule has 1 amide bonds. The number of H-pyrrole nitrogens is 1. The molecule has 2 heterocycles. The summed E-state index contributed by atoms with van der Waals surface area (Å²) < 4.78 is 13.4. The van der Waals surface area contributed by atoms with Crippen molar-refractivity contribution in [3.63, 3.8) is 0 Å². The molecule has 0 spiro atoms. The Morgan fingerprint density at radius 3 is 2.67 bits per heavy atom. The number of hydrogen-bond donors (Lipinski definition) is 2. The molecule has 1 atom stereocenters. The first-order valence-electron chi connectivity index (χ1n) is 9.46. The smallest absolute Gasteiger partial charge is 0.271 e. The molecule has 0 saturated carbocycles. The topological polar surface area (TPSA) is 87.7 Å². The molecule has 0 bridgehead atoms. The first kappa shape index (κ1) is 19.4. The van der Waals surface area contributed by atoms with Crippen LogP contribution in [0.5, 0.6) is 0 Å². The number of fused-ring (bicyclic) bond motifs is 1. The quantitative estimate of drug-likeness (QED) is 0.535. The van der Waals surface area contributed by atoms with Gasteiger partial charge in [-0.3, -0.25) is 14.6 Å². The van der Waals surface area contributed by atoms with Gasteiger partial charge in [-0.25, -0.2) is 9.37 Å². The Morgan fingerprint density at radius 1 is 1.13 bits per heavy atom. The average molecular weight is 402 g/mol. The summed E-state index contributed by atoms with van der Waals surface area (Å²) in [6, 6.07) is 16.1. The number of amides is 1. The SMILES string of the molecule is Cc1nc(CC(NC(=O)c2nccc3ccccc23)c2ccc(F)cc2)cc(=O)[nH]1. The summed E-state index contributed by atoms with van der Waals surface area (Å²) in [6.45, 7) is 1.69. The molecule has 2 aromatic carbocycles. The summed E-state index contributed by atoms with van der Waals surface area (Å²) >= 11 is 0.